The van der Waals surface area contributed by atoms with Gasteiger partial charge in [-0.2, -0.15) is 0 Å². The standard InChI is InChI=1S/C12H18N4O5/c1-21-10(17)7-8(11(18)19)16-12(20)15-4-2-3-9-13-5-6-14-9/h5-6,8H,2-4,7H2,1H3,(H,13,14)(H,18,19)(H2,15,16,20)/t8-/m0/s1. The zero-order valence-electron chi connectivity index (χ0n) is 11.6. The van der Waals surface area contributed by atoms with Crippen LogP contribution in [0.25, 0.3) is 0 Å². The van der Waals surface area contributed by atoms with E-state index in [2.05, 4.69) is 25.3 Å². The van der Waals surface area contributed by atoms with Gasteiger partial charge >= 0.3 is 18.0 Å². The lowest BCUT2D eigenvalue weighted by Crippen LogP contribution is -2.47. The van der Waals surface area contributed by atoms with Gasteiger partial charge in [0.05, 0.1) is 13.5 Å². The van der Waals surface area contributed by atoms with E-state index in [1.165, 1.54) is 0 Å². The molecule has 1 aromatic rings. The fourth-order valence-electron chi connectivity index (χ4n) is 1.55. The summed E-state index contributed by atoms with van der Waals surface area (Å²) >= 11 is 0. The van der Waals surface area contributed by atoms with Gasteiger partial charge in [0.15, 0.2) is 0 Å². The van der Waals surface area contributed by atoms with Crippen LogP contribution in [0.4, 0.5) is 4.79 Å². The van der Waals surface area contributed by atoms with Gasteiger partial charge in [0.2, 0.25) is 0 Å². The summed E-state index contributed by atoms with van der Waals surface area (Å²) in [5.74, 6) is -1.20. The zero-order chi connectivity index (χ0) is 15.7. The number of aromatic amines is 1. The maximum absolute atomic E-state index is 11.5. The number of ether oxygens (including phenoxy) is 1. The van der Waals surface area contributed by atoms with Crippen LogP contribution in [0.3, 0.4) is 0 Å². The van der Waals surface area contributed by atoms with E-state index in [1.54, 1.807) is 12.4 Å². The Balaban J connectivity index is 2.26. The number of carbonyl (C=O) groups is 3. The minimum Gasteiger partial charge on any atom is -0.480 e. The highest BCUT2D eigenvalue weighted by molar-refractivity contribution is 5.86. The van der Waals surface area contributed by atoms with Gasteiger partial charge in [-0.05, 0) is 6.42 Å². The van der Waals surface area contributed by atoms with Crippen LogP contribution in [0.5, 0.6) is 0 Å². The van der Waals surface area contributed by atoms with E-state index in [1.807, 2.05) is 0 Å². The van der Waals surface area contributed by atoms with Crippen molar-refractivity contribution in [3.63, 3.8) is 0 Å². The van der Waals surface area contributed by atoms with Crippen molar-refractivity contribution in [1.82, 2.24) is 20.6 Å². The first kappa shape index (κ1) is 16.5. The number of methoxy groups -OCH3 is 1. The highest BCUT2D eigenvalue weighted by Crippen LogP contribution is 1.96. The normalized spacial score (nSPS) is 11.5. The summed E-state index contributed by atoms with van der Waals surface area (Å²) in [6.07, 6.45) is 4.23. The van der Waals surface area contributed by atoms with E-state index in [0.29, 0.717) is 19.4 Å². The number of nitrogens with one attached hydrogen (secondary N) is 3. The van der Waals surface area contributed by atoms with Crippen molar-refractivity contribution in [2.45, 2.75) is 25.3 Å². The number of aromatic nitrogens is 2. The maximum atomic E-state index is 11.5. The molecule has 0 unspecified atom stereocenters. The Morgan fingerprint density at radius 3 is 2.81 bits per heavy atom. The third kappa shape index (κ3) is 6.41. The van der Waals surface area contributed by atoms with Gasteiger partial charge in [-0.3, -0.25) is 4.79 Å². The van der Waals surface area contributed by atoms with Gasteiger partial charge in [0, 0.05) is 25.4 Å². The van der Waals surface area contributed by atoms with Crippen molar-refractivity contribution >= 4 is 18.0 Å². The lowest BCUT2D eigenvalue weighted by Gasteiger charge is -2.13. The Morgan fingerprint density at radius 2 is 2.24 bits per heavy atom. The maximum Gasteiger partial charge on any atom is 0.326 e. The third-order valence-corrected chi connectivity index (χ3v) is 2.63. The van der Waals surface area contributed by atoms with Crippen LogP contribution in [0.15, 0.2) is 12.4 Å². The Labute approximate surface area is 121 Å². The number of aryl methyl sites for hydroxylation is 1. The molecular weight excluding hydrogens is 280 g/mol. The second-order valence-corrected chi connectivity index (χ2v) is 4.21. The number of esters is 1. The summed E-state index contributed by atoms with van der Waals surface area (Å²) in [6, 6.07) is -1.96. The molecule has 9 heteroatoms. The van der Waals surface area contributed by atoms with Crippen molar-refractivity contribution in [2.75, 3.05) is 13.7 Å². The van der Waals surface area contributed by atoms with Crippen LogP contribution >= 0.6 is 0 Å². The fraction of sp³-hybridized carbons (Fsp3) is 0.500. The summed E-state index contributed by atoms with van der Waals surface area (Å²) in [4.78, 5) is 40.4. The molecule has 0 saturated carbocycles. The number of hydrogen-bond acceptors (Lipinski definition) is 5. The Bertz CT molecular complexity index is 474. The molecule has 1 rings (SSSR count). The zero-order valence-corrected chi connectivity index (χ0v) is 11.6. The average molecular weight is 298 g/mol. The number of rotatable bonds is 8. The second-order valence-electron chi connectivity index (χ2n) is 4.21. The first-order valence-corrected chi connectivity index (χ1v) is 6.35. The Morgan fingerprint density at radius 1 is 1.48 bits per heavy atom. The minimum absolute atomic E-state index is 0.358. The van der Waals surface area contributed by atoms with E-state index in [9.17, 15) is 14.4 Å². The van der Waals surface area contributed by atoms with Crippen LogP contribution in [-0.2, 0) is 20.7 Å². The molecule has 0 aliphatic rings. The second kappa shape index (κ2) is 8.56. The first-order valence-electron chi connectivity index (χ1n) is 6.35. The number of nitrogens with zero attached hydrogens (tertiary/aromatic N) is 1. The number of carbonyl (C=O) groups excluding carboxylic acids is 2. The molecule has 1 atom stereocenters. The minimum atomic E-state index is -1.32. The van der Waals surface area contributed by atoms with Gasteiger partial charge < -0.3 is 25.5 Å². The van der Waals surface area contributed by atoms with Crippen molar-refractivity contribution in [1.29, 1.82) is 0 Å². The number of amides is 2. The van der Waals surface area contributed by atoms with Crippen molar-refractivity contribution in [2.24, 2.45) is 0 Å². The van der Waals surface area contributed by atoms with E-state index < -0.39 is 30.4 Å². The van der Waals surface area contributed by atoms with Crippen LogP contribution in [0, 0.1) is 0 Å². The molecule has 0 saturated heterocycles. The Hall–Kier alpha value is -2.58. The number of carboxylic acid groups (broad SMARTS) is 1. The number of hydrogen-bond donors (Lipinski definition) is 4. The molecule has 0 spiro atoms. The van der Waals surface area contributed by atoms with Gasteiger partial charge in [-0.25, -0.2) is 14.6 Å². The number of imidazole rings is 1. The van der Waals surface area contributed by atoms with Gasteiger partial charge in [0.1, 0.15) is 11.9 Å². The summed E-state index contributed by atoms with van der Waals surface area (Å²) in [5, 5.41) is 13.6. The monoisotopic (exact) mass is 298 g/mol. The highest BCUT2D eigenvalue weighted by atomic mass is 16.5. The summed E-state index contributed by atoms with van der Waals surface area (Å²) in [6.45, 7) is 0.358. The average Bonchev–Trinajstić information content (AvgIpc) is 2.95. The van der Waals surface area contributed by atoms with Gasteiger partial charge in [0.25, 0.3) is 0 Å². The van der Waals surface area contributed by atoms with E-state index in [0.717, 1.165) is 12.9 Å². The predicted octanol–water partition coefficient (Wildman–Crippen LogP) is -0.342. The molecule has 0 aliphatic carbocycles. The van der Waals surface area contributed by atoms with E-state index >= 15 is 0 Å². The molecule has 0 aromatic carbocycles. The van der Waals surface area contributed by atoms with Crippen molar-refractivity contribution in [3.8, 4) is 0 Å². The number of H-pyrrole nitrogens is 1. The highest BCUT2D eigenvalue weighted by Gasteiger charge is 2.23. The summed E-state index contributed by atoms with van der Waals surface area (Å²) in [5.41, 5.74) is 0. The molecule has 0 radical (unpaired) electrons. The smallest absolute Gasteiger partial charge is 0.326 e. The lowest BCUT2D eigenvalue weighted by atomic mass is 10.2. The van der Waals surface area contributed by atoms with Gasteiger partial charge in [-0.15, -0.1) is 0 Å². The number of aliphatic carboxylic acids is 1. The van der Waals surface area contributed by atoms with Gasteiger partial charge in [-0.1, -0.05) is 0 Å². The van der Waals surface area contributed by atoms with E-state index in [4.69, 9.17) is 5.11 Å². The van der Waals surface area contributed by atoms with Crippen LogP contribution < -0.4 is 10.6 Å². The quantitative estimate of drug-likeness (QED) is 0.383. The summed E-state index contributed by atoms with van der Waals surface area (Å²) < 4.78 is 4.37. The molecule has 1 heterocycles. The molecule has 0 bridgehead atoms. The van der Waals surface area contributed by atoms with Crippen molar-refractivity contribution < 1.29 is 24.2 Å². The molecule has 0 fully saturated rings. The topological polar surface area (TPSA) is 133 Å². The first-order chi connectivity index (χ1) is 10.0. The molecule has 4 N–H and O–H groups in total. The number of carboxylic acids is 1. The van der Waals surface area contributed by atoms with Crippen LogP contribution in [0.1, 0.15) is 18.7 Å². The lowest BCUT2D eigenvalue weighted by molar-refractivity contribution is -0.147. The molecule has 1 aromatic heterocycles. The summed E-state index contributed by atoms with van der Waals surface area (Å²) in [7, 11) is 1.15. The molecule has 2 amide bonds. The Kier molecular flexibility index (Phi) is 6.72. The largest absolute Gasteiger partial charge is 0.480 e. The molecule has 21 heavy (non-hydrogen) atoms. The number of urea groups is 1. The van der Waals surface area contributed by atoms with E-state index in [-0.39, 0.29) is 0 Å². The fourth-order valence-corrected chi connectivity index (χ4v) is 1.55. The predicted molar refractivity (Wildman–Crippen MR) is 71.5 cm³/mol. The molecule has 116 valence electrons. The molecule has 9 nitrogen and oxygen atoms in total. The van der Waals surface area contributed by atoms with Crippen LogP contribution in [-0.4, -0.2) is 52.7 Å². The van der Waals surface area contributed by atoms with Crippen molar-refractivity contribution in [3.05, 3.63) is 18.2 Å². The SMILES string of the molecule is COC(=O)C[C@H](NC(=O)NCCCc1ncc[nH]1)C(=O)O. The molecular formula is C12H18N4O5. The van der Waals surface area contributed by atoms with Crippen LogP contribution in [0.2, 0.25) is 0 Å². The third-order valence-electron chi connectivity index (χ3n) is 2.63. The molecule has 0 aliphatic heterocycles.